The molecule has 1 heterocycles. The van der Waals surface area contributed by atoms with Crippen LogP contribution < -0.4 is 5.32 Å². The fraction of sp³-hybridized carbons (Fsp3) is 0.812. The third-order valence-electron chi connectivity index (χ3n) is 3.22. The van der Waals surface area contributed by atoms with Crippen LogP contribution >= 0.6 is 0 Å². The van der Waals surface area contributed by atoms with Crippen LogP contribution in [-0.4, -0.2) is 33.0 Å². The second kappa shape index (κ2) is 8.29. The quantitative estimate of drug-likeness (QED) is 0.799. The Morgan fingerprint density at radius 2 is 2.00 bits per heavy atom. The predicted molar refractivity (Wildman–Crippen MR) is 85.9 cm³/mol. The van der Waals surface area contributed by atoms with Crippen molar-refractivity contribution in [2.45, 2.75) is 78.6 Å². The Balaban J connectivity index is 2.76. The molecule has 7 heteroatoms. The van der Waals surface area contributed by atoms with E-state index in [4.69, 9.17) is 9.15 Å². The van der Waals surface area contributed by atoms with Gasteiger partial charge in [-0.25, -0.2) is 4.79 Å². The van der Waals surface area contributed by atoms with Crippen LogP contribution in [0.3, 0.4) is 0 Å². The number of amides is 1. The molecule has 0 spiro atoms. The molecule has 0 radical (unpaired) electrons. The molecule has 2 atom stereocenters. The highest BCUT2D eigenvalue weighted by Crippen LogP contribution is 2.22. The zero-order valence-electron chi connectivity index (χ0n) is 14.9. The zero-order valence-corrected chi connectivity index (χ0v) is 14.9. The maximum Gasteiger partial charge on any atom is 0.407 e. The van der Waals surface area contributed by atoms with Crippen LogP contribution in [0.5, 0.6) is 0 Å². The van der Waals surface area contributed by atoms with Gasteiger partial charge < -0.3 is 19.6 Å². The Hall–Kier alpha value is -1.63. The second-order valence-electron chi connectivity index (χ2n) is 7.00. The van der Waals surface area contributed by atoms with Crippen molar-refractivity contribution in [3.05, 3.63) is 11.8 Å². The number of nitrogens with one attached hydrogen (secondary N) is 1. The first-order valence-electron chi connectivity index (χ1n) is 8.14. The lowest BCUT2D eigenvalue weighted by atomic mass is 9.98. The van der Waals surface area contributed by atoms with E-state index in [1.807, 2.05) is 13.8 Å². The lowest BCUT2D eigenvalue weighted by Gasteiger charge is -2.27. The van der Waals surface area contributed by atoms with E-state index in [0.29, 0.717) is 12.3 Å². The molecular weight excluding hydrogens is 298 g/mol. The minimum atomic E-state index is -1.08. The minimum Gasteiger partial charge on any atom is -0.444 e. The number of hydrogen-bond acceptors (Lipinski definition) is 6. The molecule has 23 heavy (non-hydrogen) atoms. The molecule has 1 rings (SSSR count). The van der Waals surface area contributed by atoms with Crippen molar-refractivity contribution >= 4 is 6.09 Å². The van der Waals surface area contributed by atoms with Gasteiger partial charge in [0.05, 0.1) is 6.04 Å². The van der Waals surface area contributed by atoms with Crippen LogP contribution in [0.4, 0.5) is 4.79 Å². The van der Waals surface area contributed by atoms with E-state index in [-0.39, 0.29) is 11.8 Å². The highest BCUT2D eigenvalue weighted by Gasteiger charge is 2.31. The maximum atomic E-state index is 11.9. The first kappa shape index (κ1) is 19.4. The Labute approximate surface area is 137 Å². The number of carbonyl (C=O) groups is 1. The molecule has 0 bridgehead atoms. The number of nitrogens with zero attached hydrogens (tertiary/aromatic N) is 2. The number of unbranched alkanes of at least 4 members (excludes halogenated alkanes) is 1. The monoisotopic (exact) mass is 327 g/mol. The van der Waals surface area contributed by atoms with E-state index >= 15 is 0 Å². The molecule has 1 aromatic heterocycles. The normalized spacial score (nSPS) is 14.6. The van der Waals surface area contributed by atoms with E-state index in [1.54, 1.807) is 20.8 Å². The number of aryl methyl sites for hydroxylation is 1. The van der Waals surface area contributed by atoms with E-state index in [2.05, 4.69) is 22.4 Å². The molecular formula is C16H29N3O4. The molecule has 1 aromatic rings. The molecule has 0 aliphatic carbocycles. The highest BCUT2D eigenvalue weighted by atomic mass is 16.6. The number of hydrogen-bond donors (Lipinski definition) is 2. The van der Waals surface area contributed by atoms with Crippen LogP contribution in [0, 0.1) is 5.92 Å². The van der Waals surface area contributed by atoms with Crippen LogP contribution in [0.1, 0.15) is 72.3 Å². The molecule has 1 unspecified atom stereocenters. The van der Waals surface area contributed by atoms with Crippen molar-refractivity contribution in [1.29, 1.82) is 0 Å². The summed E-state index contributed by atoms with van der Waals surface area (Å²) < 4.78 is 10.7. The van der Waals surface area contributed by atoms with Gasteiger partial charge in [-0.2, -0.15) is 0 Å². The molecule has 0 fully saturated rings. The number of rotatable bonds is 7. The first-order chi connectivity index (χ1) is 10.6. The van der Waals surface area contributed by atoms with Crippen molar-refractivity contribution in [2.24, 2.45) is 5.92 Å². The average molecular weight is 327 g/mol. The van der Waals surface area contributed by atoms with Crippen molar-refractivity contribution in [2.75, 3.05) is 0 Å². The molecule has 132 valence electrons. The summed E-state index contributed by atoms with van der Waals surface area (Å²) in [7, 11) is 0. The topological polar surface area (TPSA) is 97.5 Å². The van der Waals surface area contributed by atoms with Gasteiger partial charge in [-0.15, -0.1) is 10.2 Å². The summed E-state index contributed by atoms with van der Waals surface area (Å²) in [6, 6.07) is -0.579. The van der Waals surface area contributed by atoms with Gasteiger partial charge in [0.1, 0.15) is 5.60 Å². The maximum absolute atomic E-state index is 11.9. The van der Waals surface area contributed by atoms with Gasteiger partial charge in [0.25, 0.3) is 0 Å². The highest BCUT2D eigenvalue weighted by molar-refractivity contribution is 5.68. The lowest BCUT2D eigenvalue weighted by molar-refractivity contribution is 0.0325. The lowest BCUT2D eigenvalue weighted by Crippen LogP contribution is -2.45. The first-order valence-corrected chi connectivity index (χ1v) is 8.14. The van der Waals surface area contributed by atoms with Gasteiger partial charge in [0, 0.05) is 6.42 Å². The molecule has 0 aromatic carbocycles. The summed E-state index contributed by atoms with van der Waals surface area (Å²) in [4.78, 5) is 11.9. The van der Waals surface area contributed by atoms with Gasteiger partial charge in [0.2, 0.25) is 11.8 Å². The second-order valence-corrected chi connectivity index (χ2v) is 7.00. The molecule has 1 amide bonds. The number of ether oxygens (including phenoxy) is 1. The molecule has 0 saturated heterocycles. The summed E-state index contributed by atoms with van der Waals surface area (Å²) in [5.41, 5.74) is -0.603. The summed E-state index contributed by atoms with van der Waals surface area (Å²) in [6.07, 6.45) is 0.991. The third kappa shape index (κ3) is 6.56. The number of alkyl carbamates (subject to hydrolysis) is 1. The predicted octanol–water partition coefficient (Wildman–Crippen LogP) is 2.99. The largest absolute Gasteiger partial charge is 0.444 e. The standard InChI is InChI=1S/C16H29N3O4/c1-7-8-9-11-18-19-14(22-11)13(20)12(10(2)3)17-15(21)23-16(4,5)6/h10,12-13,20H,7-9H2,1-6H3,(H,17,21)/t12-,13?/m0/s1. The van der Waals surface area contributed by atoms with E-state index in [1.165, 1.54) is 0 Å². The number of carbonyl (C=O) groups excluding carboxylic acids is 1. The average Bonchev–Trinajstić information content (AvgIpc) is 2.88. The summed E-state index contributed by atoms with van der Waals surface area (Å²) >= 11 is 0. The van der Waals surface area contributed by atoms with E-state index in [0.717, 1.165) is 12.8 Å². The third-order valence-corrected chi connectivity index (χ3v) is 3.22. The Bertz CT molecular complexity index is 494. The van der Waals surface area contributed by atoms with Crippen LogP contribution in [0.2, 0.25) is 0 Å². The minimum absolute atomic E-state index is 0.0384. The van der Waals surface area contributed by atoms with Gasteiger partial charge in [-0.05, 0) is 33.1 Å². The fourth-order valence-electron chi connectivity index (χ4n) is 2.02. The van der Waals surface area contributed by atoms with Crippen LogP contribution in [0.25, 0.3) is 0 Å². The van der Waals surface area contributed by atoms with Crippen LogP contribution in [-0.2, 0) is 11.2 Å². The van der Waals surface area contributed by atoms with Crippen LogP contribution in [0.15, 0.2) is 4.42 Å². The molecule has 0 saturated carbocycles. The molecule has 0 aliphatic heterocycles. The van der Waals surface area contributed by atoms with Gasteiger partial charge in [0.15, 0.2) is 6.10 Å². The fourth-order valence-corrected chi connectivity index (χ4v) is 2.02. The molecule has 0 aliphatic rings. The zero-order chi connectivity index (χ0) is 17.6. The number of aliphatic hydroxyl groups is 1. The molecule has 2 N–H and O–H groups in total. The Morgan fingerprint density at radius 1 is 1.35 bits per heavy atom. The smallest absolute Gasteiger partial charge is 0.407 e. The van der Waals surface area contributed by atoms with Crippen molar-refractivity contribution in [1.82, 2.24) is 15.5 Å². The van der Waals surface area contributed by atoms with Gasteiger partial charge in [-0.1, -0.05) is 27.2 Å². The summed E-state index contributed by atoms with van der Waals surface area (Å²) in [6.45, 7) is 11.2. The Kier molecular flexibility index (Phi) is 7.00. The van der Waals surface area contributed by atoms with Crippen molar-refractivity contribution in [3.63, 3.8) is 0 Å². The number of aromatic nitrogens is 2. The van der Waals surface area contributed by atoms with E-state index < -0.39 is 23.8 Å². The summed E-state index contributed by atoms with van der Waals surface area (Å²) in [5, 5.41) is 21.0. The SMILES string of the molecule is CCCCc1nnc(C(O)[C@@H](NC(=O)OC(C)(C)C)C(C)C)o1. The van der Waals surface area contributed by atoms with Gasteiger partial charge >= 0.3 is 6.09 Å². The summed E-state index contributed by atoms with van der Waals surface area (Å²) in [5.74, 6) is 0.579. The van der Waals surface area contributed by atoms with Crippen molar-refractivity contribution < 1.29 is 19.1 Å². The van der Waals surface area contributed by atoms with Crippen molar-refractivity contribution in [3.8, 4) is 0 Å². The van der Waals surface area contributed by atoms with Gasteiger partial charge in [-0.3, -0.25) is 0 Å². The Morgan fingerprint density at radius 3 is 2.52 bits per heavy atom. The number of aliphatic hydroxyl groups excluding tert-OH is 1. The van der Waals surface area contributed by atoms with E-state index in [9.17, 15) is 9.90 Å². The molecule has 7 nitrogen and oxygen atoms in total.